The van der Waals surface area contributed by atoms with Gasteiger partial charge >= 0.3 is 13.2 Å². The smallest absolute Gasteiger partial charge is 0.425 e. The Morgan fingerprint density at radius 2 is 2.00 bits per heavy atom. The summed E-state index contributed by atoms with van der Waals surface area (Å²) < 4.78 is 33.0. The second-order valence-electron chi connectivity index (χ2n) is 11.6. The number of carbonyl (C=O) groups excluding carboxylic acids is 2. The van der Waals surface area contributed by atoms with Crippen LogP contribution in [0.5, 0.6) is 0 Å². The highest BCUT2D eigenvalue weighted by Gasteiger charge is 2.68. The van der Waals surface area contributed by atoms with E-state index >= 15 is 0 Å². The number of benzene rings is 1. The molecule has 1 aromatic carbocycles. The molecule has 0 N–H and O–H groups in total. The van der Waals surface area contributed by atoms with Crippen LogP contribution in [0, 0.1) is 17.3 Å². The third-order valence-electron chi connectivity index (χ3n) is 9.25. The van der Waals surface area contributed by atoms with Gasteiger partial charge in [0, 0.05) is 13.5 Å². The van der Waals surface area contributed by atoms with Gasteiger partial charge in [0.1, 0.15) is 6.17 Å². The molecule has 2 bridgehead atoms. The van der Waals surface area contributed by atoms with Crippen molar-refractivity contribution in [3.8, 4) is 0 Å². The molecule has 7 atom stereocenters. The van der Waals surface area contributed by atoms with Gasteiger partial charge in [-0.3, -0.25) is 4.79 Å². The molecular formula is C27H36BFN2O5. The van der Waals surface area contributed by atoms with Gasteiger partial charge < -0.3 is 23.8 Å². The number of likely N-dealkylation sites (tertiary alicyclic amines) is 1. The average Bonchev–Trinajstić information content (AvgIpc) is 3.40. The fraction of sp³-hybridized carbons (Fsp3) is 0.630. The van der Waals surface area contributed by atoms with Crippen LogP contribution in [0.4, 0.5) is 9.18 Å². The molecule has 3 aliphatic carbocycles. The number of likely N-dealkylation sites (N-methyl/N-ethyl adjacent to an activating group) is 1. The first-order valence-electron chi connectivity index (χ1n) is 12.9. The van der Waals surface area contributed by atoms with E-state index in [2.05, 4.69) is 27.4 Å². The molecule has 0 aromatic heterocycles. The Hall–Kier alpha value is -2.39. The fourth-order valence-electron chi connectivity index (χ4n) is 6.88. The quantitative estimate of drug-likeness (QED) is 0.438. The lowest BCUT2D eigenvalue weighted by molar-refractivity contribution is -0.199. The van der Waals surface area contributed by atoms with Gasteiger partial charge in [-0.15, -0.1) is 0 Å². The molecule has 1 aromatic rings. The molecule has 7 nitrogen and oxygen atoms in total. The Labute approximate surface area is 213 Å². The van der Waals surface area contributed by atoms with Crippen molar-refractivity contribution in [3.05, 3.63) is 48.6 Å². The zero-order chi connectivity index (χ0) is 25.8. The molecule has 2 amide bonds. The van der Waals surface area contributed by atoms with Gasteiger partial charge in [-0.1, -0.05) is 50.8 Å². The third kappa shape index (κ3) is 4.14. The van der Waals surface area contributed by atoms with E-state index < -0.39 is 43.1 Å². The Kier molecular flexibility index (Phi) is 6.44. The van der Waals surface area contributed by atoms with Crippen molar-refractivity contribution in [3.63, 3.8) is 0 Å². The molecule has 9 heteroatoms. The fourth-order valence-corrected chi connectivity index (χ4v) is 6.88. The molecule has 5 aliphatic rings. The molecule has 0 spiro atoms. The van der Waals surface area contributed by atoms with E-state index in [1.165, 1.54) is 9.80 Å². The maximum Gasteiger partial charge on any atom is 0.482 e. The highest BCUT2D eigenvalue weighted by Crippen LogP contribution is 2.65. The number of hydrogen-bond acceptors (Lipinski definition) is 5. The number of alkyl halides is 1. The van der Waals surface area contributed by atoms with E-state index in [0.29, 0.717) is 18.3 Å². The largest absolute Gasteiger partial charge is 0.482 e. The molecule has 0 unspecified atom stereocenters. The first-order chi connectivity index (χ1) is 17.0. The average molecular weight is 498 g/mol. The van der Waals surface area contributed by atoms with Gasteiger partial charge in [0.15, 0.2) is 6.23 Å². The molecular weight excluding hydrogens is 462 g/mol. The van der Waals surface area contributed by atoms with Crippen LogP contribution in [0.2, 0.25) is 0 Å². The van der Waals surface area contributed by atoms with Crippen molar-refractivity contribution < 1.29 is 28.0 Å². The number of halogens is 1. The number of hydrogen-bond donors (Lipinski definition) is 0. The van der Waals surface area contributed by atoms with Gasteiger partial charge in [0.25, 0.3) is 0 Å². The first kappa shape index (κ1) is 25.3. The van der Waals surface area contributed by atoms with Crippen molar-refractivity contribution in [2.45, 2.75) is 76.5 Å². The predicted octanol–water partition coefficient (Wildman–Crippen LogP) is 4.02. The van der Waals surface area contributed by atoms with Crippen LogP contribution in [0.1, 0.15) is 45.6 Å². The Balaban J connectivity index is 1.36. The summed E-state index contributed by atoms with van der Waals surface area (Å²) in [7, 11) is 1.02. The summed E-state index contributed by atoms with van der Waals surface area (Å²) >= 11 is 0. The highest BCUT2D eigenvalue weighted by molar-refractivity contribution is 6.47. The molecule has 2 aliphatic heterocycles. The lowest BCUT2D eigenvalue weighted by atomic mass is 9.43. The van der Waals surface area contributed by atoms with E-state index in [9.17, 15) is 14.0 Å². The number of carbonyl (C=O) groups is 2. The first-order valence-corrected chi connectivity index (χ1v) is 12.9. The van der Waals surface area contributed by atoms with Crippen molar-refractivity contribution in [1.82, 2.24) is 9.80 Å². The maximum absolute atomic E-state index is 14.1. The van der Waals surface area contributed by atoms with Crippen LogP contribution >= 0.6 is 0 Å². The topological polar surface area (TPSA) is 68.3 Å². The molecule has 0 radical (unpaired) electrons. The normalized spacial score (nSPS) is 35.0. The minimum atomic E-state index is -1.25. The summed E-state index contributed by atoms with van der Waals surface area (Å²) in [6.45, 7) is 10.1. The van der Waals surface area contributed by atoms with E-state index in [0.717, 1.165) is 24.5 Å². The lowest BCUT2D eigenvalue weighted by Crippen LogP contribution is -2.65. The molecule has 36 heavy (non-hydrogen) atoms. The van der Waals surface area contributed by atoms with Crippen LogP contribution in [-0.2, 0) is 25.3 Å². The summed E-state index contributed by atoms with van der Waals surface area (Å²) in [6.07, 6.45) is 0.736. The number of rotatable bonds is 6. The predicted molar refractivity (Wildman–Crippen MR) is 134 cm³/mol. The zero-order valence-corrected chi connectivity index (χ0v) is 21.6. The number of nitrogens with zero attached hydrogens (tertiary/aromatic N) is 2. The van der Waals surface area contributed by atoms with Gasteiger partial charge in [-0.25, -0.2) is 9.18 Å². The Morgan fingerprint density at radius 3 is 2.67 bits per heavy atom. The van der Waals surface area contributed by atoms with Crippen LogP contribution in [0.25, 0.3) is 0 Å². The van der Waals surface area contributed by atoms with Crippen molar-refractivity contribution in [2.24, 2.45) is 17.3 Å². The molecule has 2 saturated heterocycles. The Morgan fingerprint density at radius 1 is 1.28 bits per heavy atom. The summed E-state index contributed by atoms with van der Waals surface area (Å²) in [4.78, 5) is 28.2. The van der Waals surface area contributed by atoms with Crippen LogP contribution in [-0.4, -0.2) is 72.6 Å². The van der Waals surface area contributed by atoms with Crippen molar-refractivity contribution in [2.75, 3.05) is 13.6 Å². The van der Waals surface area contributed by atoms with E-state index in [-0.39, 0.29) is 24.5 Å². The minimum Gasteiger partial charge on any atom is -0.425 e. The van der Waals surface area contributed by atoms with Gasteiger partial charge in [-0.05, 0) is 55.1 Å². The monoisotopic (exact) mass is 498 g/mol. The number of ether oxygens (including phenoxy) is 1. The minimum absolute atomic E-state index is 0.0233. The highest BCUT2D eigenvalue weighted by atomic mass is 19.1. The van der Waals surface area contributed by atoms with Crippen LogP contribution < -0.4 is 0 Å². The second-order valence-corrected chi connectivity index (χ2v) is 11.6. The van der Waals surface area contributed by atoms with Crippen molar-refractivity contribution in [1.29, 1.82) is 0 Å². The molecule has 5 fully saturated rings. The standard InChI is InChI=1S/C27H36BFN2O5/c1-6-23(32)31-16-19(29)15-24(31)34-25(33)30(5)22(12-17-10-8-7-9-11-17)28-35-21-14-18-13-20(26(18,2)3)27(21,4)36-28/h6-11,18-22,24H,1,12-16H2,2-5H3/t18-,19-,20-,21+,22-,24+,27-/m0/s1. The second kappa shape index (κ2) is 9.17. The van der Waals surface area contributed by atoms with E-state index in [1.807, 2.05) is 30.3 Å². The molecule has 6 rings (SSSR count). The maximum atomic E-state index is 14.1. The summed E-state index contributed by atoms with van der Waals surface area (Å²) in [6, 6.07) is 9.87. The van der Waals surface area contributed by atoms with Crippen molar-refractivity contribution >= 4 is 19.1 Å². The molecule has 194 valence electrons. The SMILES string of the molecule is C=CC(=O)N1C[C@@H](F)C[C@H]1OC(=O)N(C)[C@@H](Cc1ccccc1)B1O[C@@H]2C[C@@H]3C[C@@H](C3(C)C)[C@]2(C)O1. The van der Waals surface area contributed by atoms with Gasteiger partial charge in [0.05, 0.1) is 24.2 Å². The van der Waals surface area contributed by atoms with E-state index in [4.69, 9.17) is 14.0 Å². The Bertz CT molecular complexity index is 1020. The zero-order valence-electron chi connectivity index (χ0n) is 21.6. The summed E-state index contributed by atoms with van der Waals surface area (Å²) in [5.74, 6) is 0.0840. The molecule has 3 saturated carbocycles. The third-order valence-corrected chi connectivity index (χ3v) is 9.25. The van der Waals surface area contributed by atoms with Gasteiger partial charge in [-0.2, -0.15) is 0 Å². The summed E-state index contributed by atoms with van der Waals surface area (Å²) in [5.41, 5.74) is 0.825. The summed E-state index contributed by atoms with van der Waals surface area (Å²) in [5, 5.41) is 0. The van der Waals surface area contributed by atoms with E-state index in [1.54, 1.807) is 7.05 Å². The van der Waals surface area contributed by atoms with Gasteiger partial charge in [0.2, 0.25) is 5.91 Å². The number of amides is 2. The van der Waals surface area contributed by atoms with Crippen LogP contribution in [0.15, 0.2) is 43.0 Å². The lowest BCUT2D eigenvalue weighted by Gasteiger charge is -2.64. The van der Waals surface area contributed by atoms with Crippen LogP contribution in [0.3, 0.4) is 0 Å². The molecule has 2 heterocycles.